The number of phenols is 1. The number of aromatic hydroxyl groups is 1. The Morgan fingerprint density at radius 3 is 1.70 bits per heavy atom. The van der Waals surface area contributed by atoms with Crippen molar-refractivity contribution in [2.24, 2.45) is 0 Å². The minimum atomic E-state index is -1.02. The van der Waals surface area contributed by atoms with E-state index in [0.717, 1.165) is 16.7 Å². The van der Waals surface area contributed by atoms with Crippen LogP contribution in [0.4, 0.5) is 0 Å². The summed E-state index contributed by atoms with van der Waals surface area (Å²) in [4.78, 5) is 0. The molecule has 0 amide bonds. The van der Waals surface area contributed by atoms with Crippen LogP contribution in [0.2, 0.25) is 0 Å². The second-order valence-corrected chi connectivity index (χ2v) is 4.55. The Labute approximate surface area is 117 Å². The third kappa shape index (κ3) is 5.04. The lowest BCUT2D eigenvalue weighted by atomic mass is 10.0. The van der Waals surface area contributed by atoms with Gasteiger partial charge in [-0.3, -0.25) is 10.6 Å². The summed E-state index contributed by atoms with van der Waals surface area (Å²) in [6.45, 7) is 1.64. The Hall–Kier alpha value is -1.22. The minimum Gasteiger partial charge on any atom is -0.508 e. The third-order valence-corrected chi connectivity index (χ3v) is 3.01. The quantitative estimate of drug-likeness (QED) is 0.290. The average Bonchev–Trinajstić information content (AvgIpc) is 2.45. The van der Waals surface area contributed by atoms with Crippen LogP contribution in [0, 0.1) is 6.92 Å². The Balaban J connectivity index is 2.78. The van der Waals surface area contributed by atoms with Gasteiger partial charge in [-0.2, -0.15) is 0 Å². The van der Waals surface area contributed by atoms with E-state index in [1.54, 1.807) is 12.1 Å². The number of phenolic OH excluding ortho intramolecular Hbond substituents is 1. The zero-order valence-corrected chi connectivity index (χ0v) is 11.4. The second kappa shape index (κ2) is 8.15. The smallest absolute Gasteiger partial charge is 0.128 e. The molecule has 7 heteroatoms. The Morgan fingerprint density at radius 2 is 1.35 bits per heavy atom. The summed E-state index contributed by atoms with van der Waals surface area (Å²) >= 11 is 0. The topological polar surface area (TPSA) is 125 Å². The van der Waals surface area contributed by atoms with Gasteiger partial charge in [0.25, 0.3) is 0 Å². The molecule has 0 heterocycles. The fourth-order valence-corrected chi connectivity index (χ4v) is 1.77. The molecule has 0 saturated carbocycles. The zero-order valence-electron chi connectivity index (χ0n) is 11.4. The molecule has 1 aromatic rings. The van der Waals surface area contributed by atoms with Gasteiger partial charge in [-0.1, -0.05) is 0 Å². The maximum atomic E-state index is 9.68. The molecule has 1 aromatic carbocycles. The van der Waals surface area contributed by atoms with Gasteiger partial charge in [-0.05, 0) is 35.7 Å². The standard InChI is InChI=1S/C13H22N2O5/c1-8-9(4-14-12(19)6-16)2-11(18)3-10(8)5-15-13(20)7-17/h2-3,12-20H,4-7H2,1H3. The van der Waals surface area contributed by atoms with Crippen LogP contribution in [0.5, 0.6) is 5.75 Å². The fourth-order valence-electron chi connectivity index (χ4n) is 1.77. The number of hydrogen-bond donors (Lipinski definition) is 7. The normalized spacial score (nSPS) is 14.2. The number of hydrogen-bond acceptors (Lipinski definition) is 7. The van der Waals surface area contributed by atoms with Gasteiger partial charge in [-0.25, -0.2) is 0 Å². The molecule has 0 fully saturated rings. The average molecular weight is 286 g/mol. The van der Waals surface area contributed by atoms with E-state index in [1.807, 2.05) is 6.92 Å². The van der Waals surface area contributed by atoms with Crippen molar-refractivity contribution in [3.63, 3.8) is 0 Å². The molecule has 0 spiro atoms. The summed E-state index contributed by atoms with van der Waals surface area (Å²) in [6, 6.07) is 3.14. The van der Waals surface area contributed by atoms with Gasteiger partial charge in [0.1, 0.15) is 18.2 Å². The first-order chi connectivity index (χ1) is 9.47. The van der Waals surface area contributed by atoms with Crippen molar-refractivity contribution in [3.8, 4) is 5.75 Å². The molecule has 114 valence electrons. The number of aliphatic hydroxyl groups is 4. The predicted octanol–water partition coefficient (Wildman–Crippen LogP) is -1.50. The molecular formula is C13H22N2O5. The highest BCUT2D eigenvalue weighted by atomic mass is 16.3. The first kappa shape index (κ1) is 16.8. The summed E-state index contributed by atoms with van der Waals surface area (Å²) in [6.07, 6.45) is -2.04. The zero-order chi connectivity index (χ0) is 15.1. The first-order valence-corrected chi connectivity index (χ1v) is 6.34. The molecule has 0 aliphatic carbocycles. The maximum absolute atomic E-state index is 9.68. The van der Waals surface area contributed by atoms with E-state index < -0.39 is 25.7 Å². The predicted molar refractivity (Wildman–Crippen MR) is 72.7 cm³/mol. The highest BCUT2D eigenvalue weighted by Crippen LogP contribution is 2.21. The minimum absolute atomic E-state index is 0.0705. The molecule has 7 N–H and O–H groups in total. The maximum Gasteiger partial charge on any atom is 0.128 e. The van der Waals surface area contributed by atoms with Crippen molar-refractivity contribution in [1.82, 2.24) is 10.6 Å². The van der Waals surface area contributed by atoms with Gasteiger partial charge in [0, 0.05) is 13.1 Å². The van der Waals surface area contributed by atoms with Crippen LogP contribution >= 0.6 is 0 Å². The van der Waals surface area contributed by atoms with Gasteiger partial charge in [-0.15, -0.1) is 0 Å². The number of benzene rings is 1. The molecule has 2 unspecified atom stereocenters. The van der Waals surface area contributed by atoms with E-state index in [0.29, 0.717) is 0 Å². The van der Waals surface area contributed by atoms with Gasteiger partial charge < -0.3 is 25.5 Å². The lowest BCUT2D eigenvalue weighted by Gasteiger charge is -2.16. The summed E-state index contributed by atoms with van der Waals surface area (Å²) in [7, 11) is 0. The highest BCUT2D eigenvalue weighted by molar-refractivity contribution is 5.41. The van der Waals surface area contributed by atoms with Crippen LogP contribution in [0.3, 0.4) is 0 Å². The molecule has 0 saturated heterocycles. The molecule has 0 aliphatic heterocycles. The van der Waals surface area contributed by atoms with Gasteiger partial charge >= 0.3 is 0 Å². The van der Waals surface area contributed by atoms with Crippen LogP contribution < -0.4 is 10.6 Å². The van der Waals surface area contributed by atoms with Crippen LogP contribution in [-0.2, 0) is 13.1 Å². The number of aliphatic hydroxyl groups excluding tert-OH is 4. The van der Waals surface area contributed by atoms with Crippen LogP contribution in [0.1, 0.15) is 16.7 Å². The van der Waals surface area contributed by atoms with Gasteiger partial charge in [0.15, 0.2) is 0 Å². The van der Waals surface area contributed by atoms with Crippen LogP contribution in [0.25, 0.3) is 0 Å². The van der Waals surface area contributed by atoms with Crippen LogP contribution in [-0.4, -0.2) is 51.2 Å². The lowest BCUT2D eigenvalue weighted by Crippen LogP contribution is -2.32. The van der Waals surface area contributed by atoms with E-state index in [2.05, 4.69) is 10.6 Å². The van der Waals surface area contributed by atoms with E-state index in [9.17, 15) is 15.3 Å². The molecule has 0 radical (unpaired) electrons. The molecule has 7 nitrogen and oxygen atoms in total. The van der Waals surface area contributed by atoms with Crippen molar-refractivity contribution in [1.29, 1.82) is 0 Å². The van der Waals surface area contributed by atoms with Crippen molar-refractivity contribution in [2.75, 3.05) is 13.2 Å². The van der Waals surface area contributed by atoms with Gasteiger partial charge in [0.05, 0.1) is 13.2 Å². The molecule has 20 heavy (non-hydrogen) atoms. The fraction of sp³-hybridized carbons (Fsp3) is 0.538. The van der Waals surface area contributed by atoms with Crippen molar-refractivity contribution in [2.45, 2.75) is 32.5 Å². The monoisotopic (exact) mass is 286 g/mol. The third-order valence-electron chi connectivity index (χ3n) is 3.01. The number of nitrogens with one attached hydrogen (secondary N) is 2. The summed E-state index contributed by atoms with van der Waals surface area (Å²) in [5, 5.41) is 51.1. The first-order valence-electron chi connectivity index (χ1n) is 6.34. The SMILES string of the molecule is Cc1c(CNC(O)CO)cc(O)cc1CNC(O)CO. The van der Waals surface area contributed by atoms with Crippen molar-refractivity contribution >= 4 is 0 Å². The second-order valence-electron chi connectivity index (χ2n) is 4.55. The van der Waals surface area contributed by atoms with Crippen molar-refractivity contribution in [3.05, 3.63) is 28.8 Å². The molecule has 1 rings (SSSR count). The van der Waals surface area contributed by atoms with Gasteiger partial charge in [0.2, 0.25) is 0 Å². The largest absolute Gasteiger partial charge is 0.508 e. The van der Waals surface area contributed by atoms with E-state index in [-0.39, 0.29) is 18.8 Å². The molecule has 2 atom stereocenters. The Morgan fingerprint density at radius 1 is 0.950 bits per heavy atom. The van der Waals surface area contributed by atoms with Crippen molar-refractivity contribution < 1.29 is 25.5 Å². The Kier molecular flexibility index (Phi) is 6.86. The Bertz CT molecular complexity index is 392. The molecule has 0 bridgehead atoms. The van der Waals surface area contributed by atoms with Crippen LogP contribution in [0.15, 0.2) is 12.1 Å². The van der Waals surface area contributed by atoms with E-state index in [1.165, 1.54) is 0 Å². The van der Waals surface area contributed by atoms with E-state index in [4.69, 9.17) is 10.2 Å². The molecular weight excluding hydrogens is 264 g/mol. The lowest BCUT2D eigenvalue weighted by molar-refractivity contribution is 0.0661. The molecule has 0 aliphatic rings. The van der Waals surface area contributed by atoms with E-state index >= 15 is 0 Å². The summed E-state index contributed by atoms with van der Waals surface area (Å²) in [5.74, 6) is 0.0705. The summed E-state index contributed by atoms with van der Waals surface area (Å²) < 4.78 is 0. The molecule has 0 aromatic heterocycles. The summed E-state index contributed by atoms with van der Waals surface area (Å²) in [5.41, 5.74) is 2.43. The highest BCUT2D eigenvalue weighted by Gasteiger charge is 2.10. The number of rotatable bonds is 8.